The summed E-state index contributed by atoms with van der Waals surface area (Å²) in [7, 11) is 1.71. The number of amides is 1. The standard InChI is InChI=1S/C41H63NO15/c1-42(41(45)57-34-39-37-8-4-2-6-35(37)36-7-3-5-9-38(36)39)11-13-47-15-17-49-19-21-51-23-25-53-27-29-55-31-33-56-32-30-54-28-26-52-24-22-50-20-18-48-16-14-46-12-10-40(43)44/h2-9,39H,10-34H2,1H3,(H,43,44). The minimum atomic E-state index is -0.878. The molecule has 0 saturated heterocycles. The summed E-state index contributed by atoms with van der Waals surface area (Å²) in [5, 5.41) is 8.51. The van der Waals surface area contributed by atoms with Crippen LogP contribution in [0.4, 0.5) is 4.79 Å². The molecule has 1 aliphatic rings. The van der Waals surface area contributed by atoms with Gasteiger partial charge in [0.1, 0.15) is 6.61 Å². The van der Waals surface area contributed by atoms with Gasteiger partial charge in [-0.3, -0.25) is 4.79 Å². The van der Waals surface area contributed by atoms with Crippen molar-refractivity contribution in [2.75, 3.05) is 166 Å². The molecule has 16 heteroatoms. The quantitative estimate of drug-likeness (QED) is 0.0978. The fourth-order valence-corrected chi connectivity index (χ4v) is 5.46. The molecule has 0 aromatic heterocycles. The third-order valence-electron chi connectivity index (χ3n) is 8.40. The van der Waals surface area contributed by atoms with E-state index in [1.807, 2.05) is 24.3 Å². The smallest absolute Gasteiger partial charge is 0.409 e. The van der Waals surface area contributed by atoms with E-state index >= 15 is 0 Å². The van der Waals surface area contributed by atoms with Crippen molar-refractivity contribution in [2.24, 2.45) is 0 Å². The summed E-state index contributed by atoms with van der Waals surface area (Å²) in [6.07, 6.45) is -0.377. The van der Waals surface area contributed by atoms with E-state index in [-0.39, 0.29) is 25.0 Å². The summed E-state index contributed by atoms with van der Waals surface area (Å²) in [6.45, 7) is 10.4. The summed E-state index contributed by atoms with van der Waals surface area (Å²) in [6, 6.07) is 16.6. The van der Waals surface area contributed by atoms with Crippen LogP contribution < -0.4 is 0 Å². The predicted octanol–water partition coefficient (Wildman–Crippen LogP) is 3.52. The van der Waals surface area contributed by atoms with Gasteiger partial charge in [-0.2, -0.15) is 0 Å². The molecule has 2 aromatic carbocycles. The lowest BCUT2D eigenvalue weighted by molar-refractivity contribution is -0.138. The highest BCUT2D eigenvalue weighted by Gasteiger charge is 2.29. The number of benzene rings is 2. The SMILES string of the molecule is CN(CCOCCOCCOCCOCCOCCOCCOCCOCCOCCOCCOCCC(=O)O)C(=O)OCC1c2ccccc2-c2ccccc21. The van der Waals surface area contributed by atoms with Crippen molar-refractivity contribution in [1.82, 2.24) is 4.90 Å². The molecule has 322 valence electrons. The van der Waals surface area contributed by atoms with E-state index in [0.717, 1.165) is 0 Å². The number of rotatable bonds is 38. The Morgan fingerprint density at radius 1 is 0.474 bits per heavy atom. The van der Waals surface area contributed by atoms with Crippen LogP contribution in [0.5, 0.6) is 0 Å². The van der Waals surface area contributed by atoms with Crippen molar-refractivity contribution in [1.29, 1.82) is 0 Å². The van der Waals surface area contributed by atoms with Gasteiger partial charge in [0.05, 0.1) is 152 Å². The maximum Gasteiger partial charge on any atom is 0.409 e. The van der Waals surface area contributed by atoms with Crippen LogP contribution in [0.15, 0.2) is 48.5 Å². The zero-order valence-electron chi connectivity index (χ0n) is 33.5. The van der Waals surface area contributed by atoms with E-state index in [4.69, 9.17) is 61.9 Å². The van der Waals surface area contributed by atoms with Gasteiger partial charge in [0.2, 0.25) is 0 Å². The number of carbonyl (C=O) groups excluding carboxylic acids is 1. The summed E-state index contributed by atoms with van der Waals surface area (Å²) in [5.41, 5.74) is 4.78. The van der Waals surface area contributed by atoms with Gasteiger partial charge in [0.25, 0.3) is 0 Å². The van der Waals surface area contributed by atoms with Crippen LogP contribution in [0.2, 0.25) is 0 Å². The number of ether oxygens (including phenoxy) is 12. The van der Waals surface area contributed by atoms with Gasteiger partial charge in [0.15, 0.2) is 0 Å². The molecule has 0 unspecified atom stereocenters. The van der Waals surface area contributed by atoms with E-state index in [9.17, 15) is 9.59 Å². The number of hydrogen-bond acceptors (Lipinski definition) is 14. The van der Waals surface area contributed by atoms with Crippen molar-refractivity contribution in [2.45, 2.75) is 12.3 Å². The van der Waals surface area contributed by atoms with Gasteiger partial charge in [-0.1, -0.05) is 48.5 Å². The number of hydrogen-bond donors (Lipinski definition) is 1. The number of likely N-dealkylation sites (N-methyl/N-ethyl adjacent to an activating group) is 1. The molecule has 16 nitrogen and oxygen atoms in total. The maximum absolute atomic E-state index is 12.6. The Bertz CT molecular complexity index is 1270. The van der Waals surface area contributed by atoms with Crippen LogP contribution >= 0.6 is 0 Å². The normalized spacial score (nSPS) is 12.2. The summed E-state index contributed by atoms with van der Waals surface area (Å²) in [5.74, 6) is -0.845. The molecular formula is C41H63NO15. The molecule has 0 heterocycles. The predicted molar refractivity (Wildman–Crippen MR) is 209 cm³/mol. The molecule has 1 aliphatic carbocycles. The number of nitrogens with zero attached hydrogens (tertiary/aromatic N) is 1. The Hall–Kier alpha value is -3.26. The molecular weight excluding hydrogens is 746 g/mol. The minimum absolute atomic E-state index is 0.00752. The van der Waals surface area contributed by atoms with Crippen molar-refractivity contribution < 1.29 is 71.5 Å². The Kier molecular flexibility index (Phi) is 27.6. The van der Waals surface area contributed by atoms with E-state index in [2.05, 4.69) is 24.3 Å². The van der Waals surface area contributed by atoms with Gasteiger partial charge in [0, 0.05) is 19.5 Å². The number of carboxylic acid groups (broad SMARTS) is 1. The molecule has 0 radical (unpaired) electrons. The van der Waals surface area contributed by atoms with Gasteiger partial charge < -0.3 is 66.8 Å². The average Bonchev–Trinajstić information content (AvgIpc) is 3.54. The minimum Gasteiger partial charge on any atom is -0.481 e. The van der Waals surface area contributed by atoms with Crippen LogP contribution in [0.25, 0.3) is 11.1 Å². The van der Waals surface area contributed by atoms with Gasteiger partial charge in [-0.25, -0.2) is 4.79 Å². The summed E-state index contributed by atoms with van der Waals surface area (Å²) in [4.78, 5) is 24.5. The van der Waals surface area contributed by atoms with E-state index in [1.54, 1.807) is 7.05 Å². The van der Waals surface area contributed by atoms with Crippen LogP contribution in [0.3, 0.4) is 0 Å². The maximum atomic E-state index is 12.6. The van der Waals surface area contributed by atoms with Crippen molar-refractivity contribution in [3.8, 4) is 11.1 Å². The second kappa shape index (κ2) is 32.7. The molecule has 2 aromatic rings. The highest BCUT2D eigenvalue weighted by atomic mass is 16.6. The molecule has 0 atom stereocenters. The Labute approximate surface area is 336 Å². The molecule has 1 amide bonds. The first-order valence-electron chi connectivity index (χ1n) is 19.7. The van der Waals surface area contributed by atoms with Crippen molar-refractivity contribution in [3.05, 3.63) is 59.7 Å². The second-order valence-corrected chi connectivity index (χ2v) is 12.6. The van der Waals surface area contributed by atoms with Gasteiger partial charge in [-0.15, -0.1) is 0 Å². The lowest BCUT2D eigenvalue weighted by atomic mass is 9.98. The van der Waals surface area contributed by atoms with Crippen molar-refractivity contribution >= 4 is 12.1 Å². The number of aliphatic carboxylic acids is 1. The zero-order chi connectivity index (χ0) is 40.4. The van der Waals surface area contributed by atoms with Crippen LogP contribution in [-0.4, -0.2) is 188 Å². The van der Waals surface area contributed by atoms with Gasteiger partial charge >= 0.3 is 12.1 Å². The Morgan fingerprint density at radius 2 is 0.772 bits per heavy atom. The Balaban J connectivity index is 0.957. The summed E-state index contributed by atoms with van der Waals surface area (Å²) >= 11 is 0. The molecule has 0 bridgehead atoms. The molecule has 0 aliphatic heterocycles. The summed E-state index contributed by atoms with van der Waals surface area (Å²) < 4.78 is 65.6. The lowest BCUT2D eigenvalue weighted by Gasteiger charge is -2.19. The Morgan fingerprint density at radius 3 is 1.11 bits per heavy atom. The fourth-order valence-electron chi connectivity index (χ4n) is 5.46. The first-order chi connectivity index (χ1) is 28.1. The second-order valence-electron chi connectivity index (χ2n) is 12.6. The molecule has 0 saturated carbocycles. The molecule has 57 heavy (non-hydrogen) atoms. The molecule has 1 N–H and O–H groups in total. The molecule has 0 fully saturated rings. The van der Waals surface area contributed by atoms with Crippen LogP contribution in [0, 0.1) is 0 Å². The van der Waals surface area contributed by atoms with E-state index in [1.165, 1.54) is 27.2 Å². The van der Waals surface area contributed by atoms with Gasteiger partial charge in [-0.05, 0) is 22.3 Å². The number of fused-ring (bicyclic) bond motifs is 3. The first-order valence-corrected chi connectivity index (χ1v) is 19.7. The molecule has 3 rings (SSSR count). The number of carboxylic acids is 1. The monoisotopic (exact) mass is 809 g/mol. The average molecular weight is 810 g/mol. The highest BCUT2D eigenvalue weighted by molar-refractivity contribution is 5.79. The largest absolute Gasteiger partial charge is 0.481 e. The number of carbonyl (C=O) groups is 2. The molecule has 0 spiro atoms. The highest BCUT2D eigenvalue weighted by Crippen LogP contribution is 2.44. The van der Waals surface area contributed by atoms with E-state index < -0.39 is 5.97 Å². The fraction of sp³-hybridized carbons (Fsp3) is 0.659. The third-order valence-corrected chi connectivity index (χ3v) is 8.40. The van der Waals surface area contributed by atoms with Crippen LogP contribution in [0.1, 0.15) is 23.5 Å². The van der Waals surface area contributed by atoms with E-state index in [0.29, 0.717) is 152 Å². The van der Waals surface area contributed by atoms with Crippen molar-refractivity contribution in [3.63, 3.8) is 0 Å². The topological polar surface area (TPSA) is 168 Å². The zero-order valence-corrected chi connectivity index (χ0v) is 33.5. The van der Waals surface area contributed by atoms with Crippen LogP contribution in [-0.2, 0) is 61.6 Å². The first kappa shape index (κ1) is 48.1. The third kappa shape index (κ3) is 22.5. The lowest BCUT2D eigenvalue weighted by Crippen LogP contribution is -2.32.